The molecule has 1 atom stereocenters. The van der Waals surface area contributed by atoms with Gasteiger partial charge in [-0.25, -0.2) is 9.37 Å². The summed E-state index contributed by atoms with van der Waals surface area (Å²) >= 11 is 0. The van der Waals surface area contributed by atoms with Crippen LogP contribution in [0.5, 0.6) is 0 Å². The van der Waals surface area contributed by atoms with Crippen LogP contribution in [0.1, 0.15) is 32.8 Å². The van der Waals surface area contributed by atoms with Crippen LogP contribution < -0.4 is 10.2 Å². The van der Waals surface area contributed by atoms with Gasteiger partial charge in [-0.2, -0.15) is 0 Å². The summed E-state index contributed by atoms with van der Waals surface area (Å²) < 4.78 is 14.6. The summed E-state index contributed by atoms with van der Waals surface area (Å²) in [6.45, 7) is 11.6. The SMILES string of the molecule is CCCNCc1ccnc(N2CCN(CC)C(C)C2)c1F. The van der Waals surface area contributed by atoms with E-state index >= 15 is 0 Å². The van der Waals surface area contributed by atoms with Gasteiger partial charge >= 0.3 is 0 Å². The second-order valence-electron chi connectivity index (χ2n) is 5.71. The Morgan fingerprint density at radius 1 is 1.38 bits per heavy atom. The number of nitrogens with one attached hydrogen (secondary N) is 1. The predicted molar refractivity (Wildman–Crippen MR) is 85.1 cm³/mol. The number of nitrogens with zero attached hydrogens (tertiary/aromatic N) is 3. The summed E-state index contributed by atoms with van der Waals surface area (Å²) in [6.07, 6.45) is 2.77. The Bertz CT molecular complexity index is 452. The number of piperazine rings is 1. The Hall–Kier alpha value is -1.20. The lowest BCUT2D eigenvalue weighted by atomic mass is 10.1. The smallest absolute Gasteiger partial charge is 0.170 e. The van der Waals surface area contributed by atoms with E-state index in [1.54, 1.807) is 12.3 Å². The molecule has 0 aliphatic carbocycles. The first-order valence-electron chi connectivity index (χ1n) is 8.00. The van der Waals surface area contributed by atoms with Crippen LogP contribution in [0.2, 0.25) is 0 Å². The predicted octanol–water partition coefficient (Wildman–Crippen LogP) is 2.25. The Morgan fingerprint density at radius 3 is 2.86 bits per heavy atom. The summed E-state index contributed by atoms with van der Waals surface area (Å²) in [5, 5.41) is 3.25. The molecular weight excluding hydrogens is 267 g/mol. The van der Waals surface area contributed by atoms with Gasteiger partial charge in [-0.1, -0.05) is 13.8 Å². The molecule has 0 bridgehead atoms. The molecule has 118 valence electrons. The first-order valence-corrected chi connectivity index (χ1v) is 8.00. The van der Waals surface area contributed by atoms with Gasteiger partial charge in [-0.05, 0) is 32.5 Å². The van der Waals surface area contributed by atoms with Gasteiger partial charge in [0.05, 0.1) is 0 Å². The first kappa shape index (κ1) is 16.2. The van der Waals surface area contributed by atoms with Crippen LogP contribution in [0.15, 0.2) is 12.3 Å². The van der Waals surface area contributed by atoms with Crippen LogP contribution in [-0.4, -0.2) is 48.6 Å². The highest BCUT2D eigenvalue weighted by atomic mass is 19.1. The molecule has 5 heteroatoms. The van der Waals surface area contributed by atoms with Gasteiger partial charge in [0, 0.05) is 44.0 Å². The Labute approximate surface area is 127 Å². The highest BCUT2D eigenvalue weighted by Crippen LogP contribution is 2.22. The number of hydrogen-bond acceptors (Lipinski definition) is 4. The average Bonchev–Trinajstić information content (AvgIpc) is 2.49. The monoisotopic (exact) mass is 294 g/mol. The fraction of sp³-hybridized carbons (Fsp3) is 0.688. The number of hydrogen-bond donors (Lipinski definition) is 1. The van der Waals surface area contributed by atoms with E-state index in [-0.39, 0.29) is 5.82 Å². The normalized spacial score (nSPS) is 20.0. The molecule has 1 unspecified atom stereocenters. The van der Waals surface area contributed by atoms with Crippen LogP contribution in [0.4, 0.5) is 10.2 Å². The lowest BCUT2D eigenvalue weighted by molar-refractivity contribution is 0.198. The zero-order valence-corrected chi connectivity index (χ0v) is 13.4. The molecule has 0 saturated carbocycles. The third-order valence-corrected chi connectivity index (χ3v) is 4.16. The highest BCUT2D eigenvalue weighted by Gasteiger charge is 2.25. The summed E-state index contributed by atoms with van der Waals surface area (Å²) in [5.41, 5.74) is 0.707. The Kier molecular flexibility index (Phi) is 5.94. The second kappa shape index (κ2) is 7.71. The number of anilines is 1. The minimum atomic E-state index is -0.168. The zero-order valence-electron chi connectivity index (χ0n) is 13.4. The zero-order chi connectivity index (χ0) is 15.2. The number of pyridine rings is 1. The van der Waals surface area contributed by atoms with Crippen LogP contribution in [0.25, 0.3) is 0 Å². The highest BCUT2D eigenvalue weighted by molar-refractivity contribution is 5.44. The standard InChI is InChI=1S/C16H27FN4/c1-4-7-18-11-14-6-8-19-16(15(14)17)21-10-9-20(5-2)13(3)12-21/h6,8,13,18H,4-5,7,9-12H2,1-3H3. The lowest BCUT2D eigenvalue weighted by Crippen LogP contribution is -2.52. The fourth-order valence-corrected chi connectivity index (χ4v) is 2.89. The van der Waals surface area contributed by atoms with Gasteiger partial charge in [0.1, 0.15) is 0 Å². The minimum Gasteiger partial charge on any atom is -0.351 e. The van der Waals surface area contributed by atoms with Gasteiger partial charge in [0.25, 0.3) is 0 Å². The largest absolute Gasteiger partial charge is 0.351 e. The molecule has 0 radical (unpaired) electrons. The van der Waals surface area contributed by atoms with Gasteiger partial charge in [-0.15, -0.1) is 0 Å². The van der Waals surface area contributed by atoms with Crippen molar-refractivity contribution in [3.8, 4) is 0 Å². The molecule has 1 saturated heterocycles. The van der Waals surface area contributed by atoms with E-state index in [4.69, 9.17) is 0 Å². The second-order valence-corrected chi connectivity index (χ2v) is 5.71. The minimum absolute atomic E-state index is 0.168. The van der Waals surface area contributed by atoms with E-state index in [1.807, 2.05) is 0 Å². The molecule has 1 aromatic rings. The van der Waals surface area contributed by atoms with Gasteiger partial charge in [0.15, 0.2) is 11.6 Å². The van der Waals surface area contributed by atoms with Crippen molar-refractivity contribution in [3.63, 3.8) is 0 Å². The average molecular weight is 294 g/mol. The number of rotatable bonds is 6. The Balaban J connectivity index is 2.08. The topological polar surface area (TPSA) is 31.4 Å². The van der Waals surface area contributed by atoms with Gasteiger partial charge in [-0.3, -0.25) is 4.90 Å². The molecule has 1 aromatic heterocycles. The molecule has 0 aromatic carbocycles. The molecule has 1 aliphatic rings. The maximum atomic E-state index is 14.6. The summed E-state index contributed by atoms with van der Waals surface area (Å²) in [4.78, 5) is 8.78. The fourth-order valence-electron chi connectivity index (χ4n) is 2.89. The van der Waals surface area contributed by atoms with E-state index in [0.717, 1.165) is 39.1 Å². The number of aromatic nitrogens is 1. The van der Waals surface area contributed by atoms with Crippen molar-refractivity contribution in [1.29, 1.82) is 0 Å². The summed E-state index contributed by atoms with van der Waals surface area (Å²) in [5.74, 6) is 0.339. The third kappa shape index (κ3) is 3.92. The summed E-state index contributed by atoms with van der Waals surface area (Å²) in [6, 6.07) is 2.21. The van der Waals surface area contributed by atoms with Gasteiger partial charge in [0.2, 0.25) is 0 Å². The van der Waals surface area contributed by atoms with E-state index in [1.165, 1.54) is 0 Å². The summed E-state index contributed by atoms with van der Waals surface area (Å²) in [7, 11) is 0. The van der Waals surface area contributed by atoms with Crippen molar-refractivity contribution >= 4 is 5.82 Å². The van der Waals surface area contributed by atoms with Crippen molar-refractivity contribution in [1.82, 2.24) is 15.2 Å². The maximum Gasteiger partial charge on any atom is 0.170 e. The maximum absolute atomic E-state index is 14.6. The quantitative estimate of drug-likeness (QED) is 0.816. The van der Waals surface area contributed by atoms with Crippen molar-refractivity contribution < 1.29 is 4.39 Å². The van der Waals surface area contributed by atoms with Gasteiger partial charge < -0.3 is 10.2 Å². The van der Waals surface area contributed by atoms with Crippen LogP contribution in [0, 0.1) is 5.82 Å². The van der Waals surface area contributed by atoms with Crippen LogP contribution >= 0.6 is 0 Å². The van der Waals surface area contributed by atoms with Crippen molar-refractivity contribution in [2.75, 3.05) is 37.6 Å². The van der Waals surface area contributed by atoms with Crippen LogP contribution in [0.3, 0.4) is 0 Å². The Morgan fingerprint density at radius 2 is 2.19 bits per heavy atom. The molecule has 1 N–H and O–H groups in total. The molecule has 2 heterocycles. The molecular formula is C16H27FN4. The third-order valence-electron chi connectivity index (χ3n) is 4.16. The lowest BCUT2D eigenvalue weighted by Gasteiger charge is -2.40. The number of halogens is 1. The first-order chi connectivity index (χ1) is 10.2. The number of likely N-dealkylation sites (N-methyl/N-ethyl adjacent to an activating group) is 1. The van der Waals surface area contributed by atoms with E-state index in [0.29, 0.717) is 24.0 Å². The molecule has 4 nitrogen and oxygen atoms in total. The molecule has 2 rings (SSSR count). The van der Waals surface area contributed by atoms with E-state index in [9.17, 15) is 4.39 Å². The molecule has 1 fully saturated rings. The molecule has 0 spiro atoms. The van der Waals surface area contributed by atoms with E-state index in [2.05, 4.69) is 40.9 Å². The van der Waals surface area contributed by atoms with Crippen molar-refractivity contribution in [2.45, 2.75) is 39.8 Å². The van der Waals surface area contributed by atoms with Crippen LogP contribution in [-0.2, 0) is 6.54 Å². The molecule has 1 aliphatic heterocycles. The van der Waals surface area contributed by atoms with Crippen molar-refractivity contribution in [2.24, 2.45) is 0 Å². The molecule has 0 amide bonds. The van der Waals surface area contributed by atoms with Crippen molar-refractivity contribution in [3.05, 3.63) is 23.6 Å². The molecule has 21 heavy (non-hydrogen) atoms. The van der Waals surface area contributed by atoms with E-state index < -0.39 is 0 Å².